The standard InChI is InChI=1S/C24H29FN4O3.C3H6/c1-15(2)12-16(13-21(26)30)24(32)28-14-22(31)29(3)20-11-7-5-9-18(20)23(27)17-8-4-6-10-19(17)25;1-3-2/h4-11,15-16,27H,12-14H2,1-3H3,(H2,26,30)(H,28,32);3H,1H2,2H3/t16-;/m1./s1. The Labute approximate surface area is 206 Å². The second kappa shape index (κ2) is 14.5. The molecule has 0 aliphatic heterocycles. The number of carbonyl (C=O) groups excluding carboxylic acids is 3. The molecule has 0 bridgehead atoms. The van der Waals surface area contributed by atoms with Crippen LogP contribution < -0.4 is 16.0 Å². The summed E-state index contributed by atoms with van der Waals surface area (Å²) in [7, 11) is 1.52. The Bertz CT molecular complexity index is 1050. The van der Waals surface area contributed by atoms with Gasteiger partial charge in [0.05, 0.1) is 17.9 Å². The fraction of sp³-hybridized carbons (Fsp3) is 0.333. The van der Waals surface area contributed by atoms with E-state index in [1.54, 1.807) is 42.5 Å². The highest BCUT2D eigenvalue weighted by atomic mass is 19.1. The van der Waals surface area contributed by atoms with Crippen LogP contribution in [0.15, 0.2) is 61.2 Å². The number of hydrogen-bond acceptors (Lipinski definition) is 4. The van der Waals surface area contributed by atoms with Crippen LogP contribution in [0.2, 0.25) is 0 Å². The molecule has 1 atom stereocenters. The van der Waals surface area contributed by atoms with Crippen LogP contribution in [0.25, 0.3) is 0 Å². The van der Waals surface area contributed by atoms with Crippen molar-refractivity contribution in [2.24, 2.45) is 17.6 Å². The van der Waals surface area contributed by atoms with Crippen LogP contribution in [-0.2, 0) is 14.4 Å². The number of carbonyl (C=O) groups is 3. The molecule has 188 valence electrons. The van der Waals surface area contributed by atoms with Crippen molar-refractivity contribution in [3.63, 3.8) is 0 Å². The van der Waals surface area contributed by atoms with Crippen molar-refractivity contribution < 1.29 is 18.8 Å². The summed E-state index contributed by atoms with van der Waals surface area (Å²) in [5, 5.41) is 11.0. The van der Waals surface area contributed by atoms with Gasteiger partial charge in [-0.25, -0.2) is 4.39 Å². The maximum Gasteiger partial charge on any atom is 0.246 e. The molecule has 0 spiro atoms. The monoisotopic (exact) mass is 482 g/mol. The van der Waals surface area contributed by atoms with Gasteiger partial charge >= 0.3 is 0 Å². The van der Waals surface area contributed by atoms with Crippen LogP contribution in [0.4, 0.5) is 10.1 Å². The first-order valence-electron chi connectivity index (χ1n) is 11.4. The van der Waals surface area contributed by atoms with Crippen molar-refractivity contribution in [1.29, 1.82) is 5.41 Å². The number of anilines is 1. The third-order valence-corrected chi connectivity index (χ3v) is 5.04. The predicted molar refractivity (Wildman–Crippen MR) is 138 cm³/mol. The fourth-order valence-corrected chi connectivity index (χ4v) is 3.44. The number of nitrogens with two attached hydrogens (primary N) is 1. The number of halogens is 1. The zero-order valence-electron chi connectivity index (χ0n) is 20.8. The van der Waals surface area contributed by atoms with Crippen molar-refractivity contribution in [2.75, 3.05) is 18.5 Å². The minimum Gasteiger partial charge on any atom is -0.370 e. The van der Waals surface area contributed by atoms with Gasteiger partial charge in [-0.1, -0.05) is 50.3 Å². The van der Waals surface area contributed by atoms with Crippen molar-refractivity contribution in [1.82, 2.24) is 5.32 Å². The van der Waals surface area contributed by atoms with Crippen molar-refractivity contribution in [2.45, 2.75) is 33.6 Å². The smallest absolute Gasteiger partial charge is 0.246 e. The molecular formula is C27H35FN4O3. The molecule has 0 fully saturated rings. The van der Waals surface area contributed by atoms with Crippen LogP contribution in [-0.4, -0.2) is 37.0 Å². The molecule has 2 aromatic rings. The van der Waals surface area contributed by atoms with Gasteiger partial charge in [0.25, 0.3) is 0 Å². The average Bonchev–Trinajstić information content (AvgIpc) is 2.81. The van der Waals surface area contributed by atoms with Gasteiger partial charge in [0.2, 0.25) is 17.7 Å². The van der Waals surface area contributed by atoms with Crippen LogP contribution in [0.1, 0.15) is 44.7 Å². The topological polar surface area (TPSA) is 116 Å². The number of likely N-dealkylation sites (N-methyl/N-ethyl adjacent to an activating group) is 1. The summed E-state index contributed by atoms with van der Waals surface area (Å²) in [5.74, 6) is -2.36. The molecule has 8 heteroatoms. The van der Waals surface area contributed by atoms with Crippen molar-refractivity contribution >= 4 is 29.1 Å². The largest absolute Gasteiger partial charge is 0.370 e. The van der Waals surface area contributed by atoms with Crippen molar-refractivity contribution in [3.05, 3.63) is 78.1 Å². The Hall–Kier alpha value is -3.81. The molecule has 0 aliphatic rings. The number of rotatable bonds is 10. The number of para-hydroxylation sites is 1. The summed E-state index contributed by atoms with van der Waals surface area (Å²) in [6.45, 7) is 8.83. The van der Waals surface area contributed by atoms with Gasteiger partial charge in [-0.15, -0.1) is 6.58 Å². The van der Waals surface area contributed by atoms with E-state index >= 15 is 0 Å². The molecule has 2 aromatic carbocycles. The van der Waals surface area contributed by atoms with Crippen LogP contribution in [0, 0.1) is 23.1 Å². The minimum absolute atomic E-state index is 0.0548. The second-order valence-electron chi connectivity index (χ2n) is 8.45. The number of nitrogens with one attached hydrogen (secondary N) is 2. The Morgan fingerprint density at radius 1 is 1.11 bits per heavy atom. The molecule has 0 aromatic heterocycles. The quantitative estimate of drug-likeness (QED) is 0.350. The molecule has 0 heterocycles. The summed E-state index contributed by atoms with van der Waals surface area (Å²) in [4.78, 5) is 37.9. The van der Waals surface area contributed by atoms with Gasteiger partial charge < -0.3 is 16.0 Å². The van der Waals surface area contributed by atoms with Gasteiger partial charge in [-0.3, -0.25) is 19.8 Å². The molecule has 3 amide bonds. The number of nitrogens with zero attached hydrogens (tertiary/aromatic N) is 1. The Morgan fingerprint density at radius 2 is 1.66 bits per heavy atom. The van der Waals surface area contributed by atoms with Gasteiger partial charge in [0, 0.05) is 30.5 Å². The number of allylic oxidation sites excluding steroid dienone is 1. The fourth-order valence-electron chi connectivity index (χ4n) is 3.44. The zero-order valence-corrected chi connectivity index (χ0v) is 20.8. The molecule has 7 nitrogen and oxygen atoms in total. The van der Waals surface area contributed by atoms with Gasteiger partial charge in [0.1, 0.15) is 5.82 Å². The lowest BCUT2D eigenvalue weighted by atomic mass is 9.93. The molecule has 0 radical (unpaired) electrons. The lowest BCUT2D eigenvalue weighted by molar-refractivity contribution is -0.131. The first-order chi connectivity index (χ1) is 16.5. The number of amides is 3. The summed E-state index contributed by atoms with van der Waals surface area (Å²) in [5.41, 5.74) is 6.11. The molecule has 35 heavy (non-hydrogen) atoms. The van der Waals surface area contributed by atoms with E-state index < -0.39 is 29.5 Å². The van der Waals surface area contributed by atoms with E-state index in [0.29, 0.717) is 17.7 Å². The van der Waals surface area contributed by atoms with E-state index in [0.717, 1.165) is 0 Å². The number of primary amides is 1. The predicted octanol–water partition coefficient (Wildman–Crippen LogP) is 4.05. The lowest BCUT2D eigenvalue weighted by Crippen LogP contribution is -2.42. The third-order valence-electron chi connectivity index (χ3n) is 5.04. The summed E-state index contributed by atoms with van der Waals surface area (Å²) in [6, 6.07) is 12.7. The van der Waals surface area contributed by atoms with Gasteiger partial charge in [0.15, 0.2) is 0 Å². The summed E-state index contributed by atoms with van der Waals surface area (Å²) in [6.07, 6.45) is 2.14. The molecule has 0 unspecified atom stereocenters. The van der Waals surface area contributed by atoms with Gasteiger partial charge in [-0.05, 0) is 37.5 Å². The molecule has 0 saturated carbocycles. The van der Waals surface area contributed by atoms with E-state index in [4.69, 9.17) is 11.1 Å². The zero-order chi connectivity index (χ0) is 26.5. The SMILES string of the molecule is C=CC.CC(C)C[C@H](CC(N)=O)C(=O)NCC(=O)N(C)c1ccccc1C(=N)c1ccccc1F. The highest BCUT2D eigenvalue weighted by Crippen LogP contribution is 2.24. The number of benzene rings is 2. The first-order valence-corrected chi connectivity index (χ1v) is 11.4. The van der Waals surface area contributed by atoms with Crippen molar-refractivity contribution in [3.8, 4) is 0 Å². The molecule has 2 rings (SSSR count). The lowest BCUT2D eigenvalue weighted by Gasteiger charge is -2.22. The van der Waals surface area contributed by atoms with Crippen LogP contribution in [0.5, 0.6) is 0 Å². The van der Waals surface area contributed by atoms with Crippen LogP contribution in [0.3, 0.4) is 0 Å². The van der Waals surface area contributed by atoms with E-state index in [1.165, 1.54) is 24.1 Å². The molecule has 0 saturated heterocycles. The highest BCUT2D eigenvalue weighted by Gasteiger charge is 2.24. The summed E-state index contributed by atoms with van der Waals surface area (Å²) < 4.78 is 14.2. The Kier molecular flexibility index (Phi) is 12.1. The first kappa shape index (κ1) is 29.2. The maximum absolute atomic E-state index is 14.2. The normalized spacial score (nSPS) is 11.0. The van der Waals surface area contributed by atoms with E-state index in [1.807, 2.05) is 20.8 Å². The second-order valence-corrected chi connectivity index (χ2v) is 8.45. The molecule has 0 aliphatic carbocycles. The van der Waals surface area contributed by atoms with Crippen LogP contribution >= 0.6 is 0 Å². The van der Waals surface area contributed by atoms with E-state index in [9.17, 15) is 18.8 Å². The van der Waals surface area contributed by atoms with Gasteiger partial charge in [-0.2, -0.15) is 0 Å². The third kappa shape index (κ3) is 9.16. The van der Waals surface area contributed by atoms with E-state index in [-0.39, 0.29) is 30.2 Å². The van der Waals surface area contributed by atoms with E-state index in [2.05, 4.69) is 11.9 Å². The average molecular weight is 483 g/mol. The Balaban J connectivity index is 0.00000194. The maximum atomic E-state index is 14.2. The number of hydrogen-bond donors (Lipinski definition) is 3. The molecular weight excluding hydrogens is 447 g/mol. The summed E-state index contributed by atoms with van der Waals surface area (Å²) >= 11 is 0. The highest BCUT2D eigenvalue weighted by molar-refractivity contribution is 6.16. The molecule has 4 N–H and O–H groups in total. The minimum atomic E-state index is -0.605. The Morgan fingerprint density at radius 3 is 2.20 bits per heavy atom.